The van der Waals surface area contributed by atoms with Gasteiger partial charge in [-0.05, 0) is 18.2 Å². The van der Waals surface area contributed by atoms with E-state index in [1.165, 1.54) is 0 Å². The minimum absolute atomic E-state index is 0.0441. The van der Waals surface area contributed by atoms with Gasteiger partial charge >= 0.3 is 11.9 Å². The van der Waals surface area contributed by atoms with Crippen LogP contribution in [-0.2, 0) is 4.79 Å². The van der Waals surface area contributed by atoms with Crippen molar-refractivity contribution >= 4 is 45.0 Å². The Morgan fingerprint density at radius 2 is 2.05 bits per heavy atom. The van der Waals surface area contributed by atoms with Gasteiger partial charge < -0.3 is 14.9 Å². The molecule has 0 fully saturated rings. The average Bonchev–Trinajstić information content (AvgIpc) is 2.67. The summed E-state index contributed by atoms with van der Waals surface area (Å²) in [6, 6.07) is 4.95. The van der Waals surface area contributed by atoms with Crippen molar-refractivity contribution in [3.63, 3.8) is 0 Å². The molecule has 2 rings (SSSR count). The molecule has 0 saturated carbocycles. The smallest absolute Gasteiger partial charge is 0.349 e. The predicted octanol–water partition coefficient (Wildman–Crippen LogP) is 3.11. The summed E-state index contributed by atoms with van der Waals surface area (Å²) in [5.74, 6) is -1.91. The van der Waals surface area contributed by atoms with E-state index in [9.17, 15) is 9.59 Å². The van der Waals surface area contributed by atoms with Crippen LogP contribution < -0.4 is 4.74 Å². The van der Waals surface area contributed by atoms with Crippen molar-refractivity contribution in [3.05, 3.63) is 28.1 Å². The summed E-state index contributed by atoms with van der Waals surface area (Å²) in [6.07, 6.45) is -0.190. The Bertz CT molecular complexity index is 649. The number of benzene rings is 1. The lowest BCUT2D eigenvalue weighted by Gasteiger charge is -2.04. The highest BCUT2D eigenvalue weighted by Gasteiger charge is 2.19. The fourth-order valence-corrected chi connectivity index (χ4v) is 2.83. The van der Waals surface area contributed by atoms with Gasteiger partial charge in [0.25, 0.3) is 0 Å². The highest BCUT2D eigenvalue weighted by molar-refractivity contribution is 7.21. The second-order valence-corrected chi connectivity index (χ2v) is 5.19. The van der Waals surface area contributed by atoms with Crippen LogP contribution >= 0.6 is 22.9 Å². The molecule has 2 aromatic rings. The molecule has 19 heavy (non-hydrogen) atoms. The second-order valence-electron chi connectivity index (χ2n) is 3.70. The first kappa shape index (κ1) is 13.6. The molecule has 0 aliphatic carbocycles. The number of thiophene rings is 1. The van der Waals surface area contributed by atoms with E-state index in [0.717, 1.165) is 11.3 Å². The lowest BCUT2D eigenvalue weighted by atomic mass is 10.2. The van der Waals surface area contributed by atoms with E-state index in [1.54, 1.807) is 18.2 Å². The SMILES string of the molecule is O=C(O)CCOc1c(C(=O)O)sc2cc(Cl)ccc12. The third kappa shape index (κ3) is 2.97. The maximum Gasteiger partial charge on any atom is 0.349 e. The fraction of sp³-hybridized carbons (Fsp3) is 0.167. The summed E-state index contributed by atoms with van der Waals surface area (Å²) < 4.78 is 6.00. The quantitative estimate of drug-likeness (QED) is 0.886. The van der Waals surface area contributed by atoms with Crippen LogP contribution in [-0.4, -0.2) is 28.8 Å². The highest BCUT2D eigenvalue weighted by Crippen LogP contribution is 2.39. The van der Waals surface area contributed by atoms with Crippen LogP contribution in [0.4, 0.5) is 0 Å². The number of carboxylic acids is 2. The fourth-order valence-electron chi connectivity index (χ4n) is 1.57. The summed E-state index contributed by atoms with van der Waals surface area (Å²) >= 11 is 6.90. The van der Waals surface area contributed by atoms with Crippen LogP contribution in [0.1, 0.15) is 16.1 Å². The molecule has 7 heteroatoms. The van der Waals surface area contributed by atoms with Crippen molar-refractivity contribution in [3.8, 4) is 5.75 Å². The molecule has 1 aromatic heterocycles. The molecule has 0 aliphatic rings. The van der Waals surface area contributed by atoms with Gasteiger partial charge in [0, 0.05) is 15.1 Å². The zero-order valence-corrected chi connectivity index (χ0v) is 11.1. The lowest BCUT2D eigenvalue weighted by Crippen LogP contribution is -2.06. The molecule has 1 aromatic carbocycles. The van der Waals surface area contributed by atoms with Crippen LogP contribution in [0.25, 0.3) is 10.1 Å². The standard InChI is InChI=1S/C12H9ClO5S/c13-6-1-2-7-8(5-6)19-11(12(16)17)10(7)18-4-3-9(14)15/h1-2,5H,3-4H2,(H,14,15)(H,16,17). The Morgan fingerprint density at radius 1 is 1.32 bits per heavy atom. The molecular formula is C12H9ClO5S. The normalized spacial score (nSPS) is 10.6. The van der Waals surface area contributed by atoms with Gasteiger partial charge in [0.1, 0.15) is 0 Å². The minimum atomic E-state index is -1.11. The molecule has 5 nitrogen and oxygen atoms in total. The van der Waals surface area contributed by atoms with E-state index < -0.39 is 11.9 Å². The molecule has 1 heterocycles. The highest BCUT2D eigenvalue weighted by atomic mass is 35.5. The van der Waals surface area contributed by atoms with Crippen molar-refractivity contribution in [2.75, 3.05) is 6.61 Å². The van der Waals surface area contributed by atoms with E-state index in [2.05, 4.69) is 0 Å². The van der Waals surface area contributed by atoms with E-state index in [1.807, 2.05) is 0 Å². The monoisotopic (exact) mass is 300 g/mol. The molecular weight excluding hydrogens is 292 g/mol. The summed E-state index contributed by atoms with van der Waals surface area (Å²) in [4.78, 5) is 21.6. The number of hydrogen-bond donors (Lipinski definition) is 2. The van der Waals surface area contributed by atoms with Gasteiger partial charge in [-0.25, -0.2) is 4.79 Å². The molecule has 0 unspecified atom stereocenters. The molecule has 0 radical (unpaired) electrons. The maximum absolute atomic E-state index is 11.2. The van der Waals surface area contributed by atoms with Crippen molar-refractivity contribution < 1.29 is 24.5 Å². The summed E-state index contributed by atoms with van der Waals surface area (Å²) in [6.45, 7) is -0.0793. The topological polar surface area (TPSA) is 83.8 Å². The number of carbonyl (C=O) groups is 2. The number of aromatic carboxylic acids is 1. The number of hydrogen-bond acceptors (Lipinski definition) is 4. The zero-order chi connectivity index (χ0) is 14.0. The molecule has 0 aliphatic heterocycles. The predicted molar refractivity (Wildman–Crippen MR) is 71.5 cm³/mol. The largest absolute Gasteiger partial charge is 0.491 e. The van der Waals surface area contributed by atoms with Gasteiger partial charge in [-0.15, -0.1) is 11.3 Å². The first-order valence-corrected chi connectivity index (χ1v) is 6.48. The van der Waals surface area contributed by atoms with Crippen LogP contribution in [0.3, 0.4) is 0 Å². The van der Waals surface area contributed by atoms with Gasteiger partial charge in [-0.2, -0.15) is 0 Å². The first-order chi connectivity index (χ1) is 8.99. The van der Waals surface area contributed by atoms with E-state index in [4.69, 9.17) is 26.6 Å². The van der Waals surface area contributed by atoms with Crippen molar-refractivity contribution in [2.24, 2.45) is 0 Å². The third-order valence-electron chi connectivity index (χ3n) is 2.36. The number of aliphatic carboxylic acids is 1. The molecule has 0 amide bonds. The van der Waals surface area contributed by atoms with Gasteiger partial charge in [-0.1, -0.05) is 11.6 Å². The average molecular weight is 301 g/mol. The van der Waals surface area contributed by atoms with E-state index in [-0.39, 0.29) is 23.7 Å². The Balaban J connectivity index is 2.40. The molecule has 0 atom stereocenters. The van der Waals surface area contributed by atoms with Gasteiger partial charge in [0.15, 0.2) is 10.6 Å². The Labute approximate surface area is 117 Å². The summed E-state index contributed by atoms with van der Waals surface area (Å²) in [7, 11) is 0. The van der Waals surface area contributed by atoms with Crippen LogP contribution in [0.15, 0.2) is 18.2 Å². The molecule has 0 spiro atoms. The lowest BCUT2D eigenvalue weighted by molar-refractivity contribution is -0.137. The Morgan fingerprint density at radius 3 is 2.68 bits per heavy atom. The number of halogens is 1. The number of fused-ring (bicyclic) bond motifs is 1. The Hall–Kier alpha value is -1.79. The molecule has 100 valence electrons. The van der Waals surface area contributed by atoms with Gasteiger partial charge in [-0.3, -0.25) is 4.79 Å². The summed E-state index contributed by atoms with van der Waals surface area (Å²) in [5.41, 5.74) is 0. The molecule has 2 N–H and O–H groups in total. The van der Waals surface area contributed by atoms with E-state index >= 15 is 0 Å². The number of rotatable bonds is 5. The third-order valence-corrected chi connectivity index (χ3v) is 3.72. The number of ether oxygens (including phenoxy) is 1. The van der Waals surface area contributed by atoms with Crippen LogP contribution in [0.5, 0.6) is 5.75 Å². The van der Waals surface area contributed by atoms with Crippen LogP contribution in [0, 0.1) is 0 Å². The second kappa shape index (κ2) is 5.46. The Kier molecular flexibility index (Phi) is 3.92. The zero-order valence-electron chi connectivity index (χ0n) is 9.55. The van der Waals surface area contributed by atoms with Crippen molar-refractivity contribution in [1.82, 2.24) is 0 Å². The minimum Gasteiger partial charge on any atom is -0.491 e. The maximum atomic E-state index is 11.2. The first-order valence-electron chi connectivity index (χ1n) is 5.29. The number of carboxylic acid groups (broad SMARTS) is 2. The molecule has 0 saturated heterocycles. The van der Waals surface area contributed by atoms with Crippen LogP contribution in [0.2, 0.25) is 5.02 Å². The van der Waals surface area contributed by atoms with Crippen molar-refractivity contribution in [1.29, 1.82) is 0 Å². The van der Waals surface area contributed by atoms with Crippen molar-refractivity contribution in [2.45, 2.75) is 6.42 Å². The van der Waals surface area contributed by atoms with Gasteiger partial charge in [0.2, 0.25) is 0 Å². The van der Waals surface area contributed by atoms with E-state index in [0.29, 0.717) is 15.1 Å². The van der Waals surface area contributed by atoms with Gasteiger partial charge in [0.05, 0.1) is 13.0 Å². The summed E-state index contributed by atoms with van der Waals surface area (Å²) in [5, 5.41) is 18.8. The molecule has 0 bridgehead atoms.